The number of aromatic nitrogens is 2. The Morgan fingerprint density at radius 2 is 2.30 bits per heavy atom. The maximum Gasteiger partial charge on any atom is 0.351 e. The molecule has 1 aliphatic rings. The zero-order valence-corrected chi connectivity index (χ0v) is 12.5. The van der Waals surface area contributed by atoms with Crippen LogP contribution in [0.4, 0.5) is 14.6 Å². The van der Waals surface area contributed by atoms with Gasteiger partial charge in [-0.3, -0.25) is 4.57 Å². The fourth-order valence-electron chi connectivity index (χ4n) is 2.36. The predicted molar refractivity (Wildman–Crippen MR) is 76.9 cm³/mol. The molecule has 2 rings (SSSR count). The molecule has 8 nitrogen and oxygen atoms in total. The van der Waals surface area contributed by atoms with Gasteiger partial charge in [-0.15, -0.1) is 0 Å². The average Bonchev–Trinajstić information content (AvgIpc) is 2.72. The number of aliphatic hydroxyl groups is 2. The van der Waals surface area contributed by atoms with Crippen LogP contribution in [0.2, 0.25) is 0 Å². The van der Waals surface area contributed by atoms with Crippen molar-refractivity contribution >= 4 is 5.82 Å². The number of ether oxygens (including phenoxy) is 1. The third-order valence-corrected chi connectivity index (χ3v) is 3.80. The first-order chi connectivity index (χ1) is 10.8. The highest BCUT2D eigenvalue weighted by molar-refractivity contribution is 5.23. The van der Waals surface area contributed by atoms with E-state index in [0.29, 0.717) is 11.0 Å². The second kappa shape index (κ2) is 6.87. The van der Waals surface area contributed by atoms with E-state index in [9.17, 15) is 18.7 Å². The molecule has 0 spiro atoms. The zero-order valence-electron chi connectivity index (χ0n) is 12.5. The molecule has 1 aromatic heterocycles. The van der Waals surface area contributed by atoms with E-state index in [-0.39, 0.29) is 25.0 Å². The topological polar surface area (TPSA) is 123 Å². The summed E-state index contributed by atoms with van der Waals surface area (Å²) < 4.78 is 34.2. The number of nitrogens with one attached hydrogen (secondary N) is 1. The molecule has 2 heterocycles. The number of nitrogens with two attached hydrogens (primary N) is 1. The van der Waals surface area contributed by atoms with Gasteiger partial charge in [0.15, 0.2) is 0 Å². The number of hydrogen-bond donors (Lipinski definition) is 4. The summed E-state index contributed by atoms with van der Waals surface area (Å²) in [5.41, 5.74) is 4.34. The van der Waals surface area contributed by atoms with Crippen LogP contribution in [-0.2, 0) is 4.74 Å². The SMILES string of the molecule is CC[C@@H](CO)NCC1O[C@@H](n2ccc(N)nc2=O)C(F)(F)[C@@H]1O. The molecule has 0 radical (unpaired) electrons. The van der Waals surface area contributed by atoms with E-state index >= 15 is 0 Å². The smallest absolute Gasteiger partial charge is 0.351 e. The van der Waals surface area contributed by atoms with E-state index < -0.39 is 30.0 Å². The maximum absolute atomic E-state index is 14.2. The van der Waals surface area contributed by atoms with Crippen molar-refractivity contribution < 1.29 is 23.7 Å². The normalized spacial score (nSPS) is 28.0. The Kier molecular flexibility index (Phi) is 5.30. The number of aliphatic hydroxyl groups excluding tert-OH is 2. The number of halogens is 2. The third kappa shape index (κ3) is 3.50. The van der Waals surface area contributed by atoms with Gasteiger partial charge in [0.05, 0.1) is 6.61 Å². The van der Waals surface area contributed by atoms with Gasteiger partial charge in [0, 0.05) is 18.8 Å². The summed E-state index contributed by atoms with van der Waals surface area (Å²) >= 11 is 0. The van der Waals surface area contributed by atoms with Gasteiger partial charge < -0.3 is 26.0 Å². The Morgan fingerprint density at radius 1 is 1.61 bits per heavy atom. The third-order valence-electron chi connectivity index (χ3n) is 3.80. The quantitative estimate of drug-likeness (QED) is 0.530. The molecular weight excluding hydrogens is 314 g/mol. The second-order valence-corrected chi connectivity index (χ2v) is 5.38. The Hall–Kier alpha value is -1.62. The summed E-state index contributed by atoms with van der Waals surface area (Å²) in [7, 11) is 0. The molecule has 0 saturated carbocycles. The number of anilines is 1. The van der Waals surface area contributed by atoms with Crippen LogP contribution in [0.15, 0.2) is 17.1 Å². The van der Waals surface area contributed by atoms with E-state index in [4.69, 9.17) is 15.6 Å². The lowest BCUT2D eigenvalue weighted by Gasteiger charge is -2.21. The number of rotatable bonds is 6. The van der Waals surface area contributed by atoms with Crippen molar-refractivity contribution in [3.05, 3.63) is 22.7 Å². The summed E-state index contributed by atoms with van der Waals surface area (Å²) in [6, 6.07) is 0.900. The first-order valence-electron chi connectivity index (χ1n) is 7.21. The molecule has 0 amide bonds. The van der Waals surface area contributed by atoms with Crippen molar-refractivity contribution in [2.45, 2.75) is 43.7 Å². The van der Waals surface area contributed by atoms with Crippen molar-refractivity contribution in [1.29, 1.82) is 0 Å². The largest absolute Gasteiger partial charge is 0.395 e. The van der Waals surface area contributed by atoms with Crippen molar-refractivity contribution in [2.75, 3.05) is 18.9 Å². The summed E-state index contributed by atoms with van der Waals surface area (Å²) in [6.07, 6.45) is -3.67. The predicted octanol–water partition coefficient (Wildman–Crippen LogP) is -0.920. The first-order valence-corrected chi connectivity index (χ1v) is 7.21. The van der Waals surface area contributed by atoms with Crippen LogP contribution in [0.5, 0.6) is 0 Å². The van der Waals surface area contributed by atoms with Gasteiger partial charge in [0.2, 0.25) is 6.23 Å². The van der Waals surface area contributed by atoms with Gasteiger partial charge in [-0.1, -0.05) is 6.92 Å². The van der Waals surface area contributed by atoms with E-state index in [1.54, 1.807) is 0 Å². The molecule has 4 atom stereocenters. The Morgan fingerprint density at radius 3 is 2.87 bits per heavy atom. The molecule has 0 bridgehead atoms. The van der Waals surface area contributed by atoms with Crippen LogP contribution < -0.4 is 16.7 Å². The fraction of sp³-hybridized carbons (Fsp3) is 0.692. The van der Waals surface area contributed by atoms with Crippen molar-refractivity contribution in [3.8, 4) is 0 Å². The first kappa shape index (κ1) is 17.7. The molecule has 1 fully saturated rings. The second-order valence-electron chi connectivity index (χ2n) is 5.38. The summed E-state index contributed by atoms with van der Waals surface area (Å²) in [5.74, 6) is -3.77. The van der Waals surface area contributed by atoms with Gasteiger partial charge in [0.25, 0.3) is 0 Å². The summed E-state index contributed by atoms with van der Waals surface area (Å²) in [4.78, 5) is 15.1. The Bertz CT molecular complexity index is 594. The number of nitrogen functional groups attached to an aromatic ring is 1. The molecular formula is C13H20F2N4O4. The molecule has 0 aromatic carbocycles. The zero-order chi connectivity index (χ0) is 17.2. The lowest BCUT2D eigenvalue weighted by atomic mass is 10.1. The fourth-order valence-corrected chi connectivity index (χ4v) is 2.36. The minimum atomic E-state index is -3.67. The number of alkyl halides is 2. The van der Waals surface area contributed by atoms with Crippen LogP contribution in [0.1, 0.15) is 19.6 Å². The molecule has 1 saturated heterocycles. The van der Waals surface area contributed by atoms with Gasteiger partial charge in [-0.25, -0.2) is 4.79 Å². The minimum Gasteiger partial charge on any atom is -0.395 e. The highest BCUT2D eigenvalue weighted by Crippen LogP contribution is 2.41. The van der Waals surface area contributed by atoms with Gasteiger partial charge in [0.1, 0.15) is 18.0 Å². The van der Waals surface area contributed by atoms with Crippen molar-refractivity contribution in [1.82, 2.24) is 14.9 Å². The van der Waals surface area contributed by atoms with Crippen LogP contribution in [-0.4, -0.2) is 57.1 Å². The summed E-state index contributed by atoms with van der Waals surface area (Å²) in [5, 5.41) is 21.7. The average molecular weight is 334 g/mol. The van der Waals surface area contributed by atoms with E-state index in [1.807, 2.05) is 6.92 Å². The van der Waals surface area contributed by atoms with Gasteiger partial charge in [-0.2, -0.15) is 13.8 Å². The van der Waals surface area contributed by atoms with Crippen molar-refractivity contribution in [2.24, 2.45) is 0 Å². The molecule has 1 aliphatic heterocycles. The molecule has 0 aliphatic carbocycles. The van der Waals surface area contributed by atoms with Gasteiger partial charge >= 0.3 is 11.6 Å². The van der Waals surface area contributed by atoms with Crippen LogP contribution in [0.3, 0.4) is 0 Å². The lowest BCUT2D eigenvalue weighted by Crippen LogP contribution is -2.45. The van der Waals surface area contributed by atoms with Crippen LogP contribution in [0, 0.1) is 0 Å². The minimum absolute atomic E-state index is 0.0938. The molecule has 23 heavy (non-hydrogen) atoms. The van der Waals surface area contributed by atoms with E-state index in [0.717, 1.165) is 6.20 Å². The highest BCUT2D eigenvalue weighted by atomic mass is 19.3. The Balaban J connectivity index is 2.18. The molecule has 5 N–H and O–H groups in total. The number of nitrogens with zero attached hydrogens (tertiary/aromatic N) is 2. The molecule has 1 unspecified atom stereocenters. The maximum atomic E-state index is 14.2. The summed E-state index contributed by atoms with van der Waals surface area (Å²) in [6.45, 7) is 1.56. The molecule has 10 heteroatoms. The molecule has 1 aromatic rings. The monoisotopic (exact) mass is 334 g/mol. The van der Waals surface area contributed by atoms with Crippen LogP contribution in [0.25, 0.3) is 0 Å². The Labute approximate surface area is 130 Å². The highest BCUT2D eigenvalue weighted by Gasteiger charge is 2.59. The van der Waals surface area contributed by atoms with E-state index in [1.165, 1.54) is 6.07 Å². The van der Waals surface area contributed by atoms with Crippen LogP contribution >= 0.6 is 0 Å². The van der Waals surface area contributed by atoms with Gasteiger partial charge in [-0.05, 0) is 12.5 Å². The van der Waals surface area contributed by atoms with E-state index in [2.05, 4.69) is 10.3 Å². The lowest BCUT2D eigenvalue weighted by molar-refractivity contribution is -0.140. The standard InChI is InChI=1S/C13H20F2N4O4/c1-2-7(6-20)17-5-8-10(21)13(14,15)11(23-8)19-4-3-9(16)18-12(19)22/h3-4,7-8,10-11,17,20-21H,2,5-6H2,1H3,(H2,16,18,22)/t7-,8?,10+,11+/m0/s1. The van der Waals surface area contributed by atoms with Crippen molar-refractivity contribution in [3.63, 3.8) is 0 Å². The number of hydrogen-bond acceptors (Lipinski definition) is 7. The molecule has 130 valence electrons.